The molecule has 0 spiro atoms. The summed E-state index contributed by atoms with van der Waals surface area (Å²) in [7, 11) is 2.22. The molecule has 0 aromatic heterocycles. The lowest BCUT2D eigenvalue weighted by atomic mass is 10.1. The molecule has 0 amide bonds. The molecule has 2 nitrogen and oxygen atoms in total. The van der Waals surface area contributed by atoms with Crippen molar-refractivity contribution in [1.82, 2.24) is 9.80 Å². The SMILES string of the molecule is CCCN1CC(N(C)CC)C1. The van der Waals surface area contributed by atoms with Crippen LogP contribution in [0.3, 0.4) is 0 Å². The van der Waals surface area contributed by atoms with E-state index in [1.54, 1.807) is 0 Å². The van der Waals surface area contributed by atoms with Crippen LogP contribution in [0.2, 0.25) is 0 Å². The first-order valence-corrected chi connectivity index (χ1v) is 4.70. The van der Waals surface area contributed by atoms with Crippen molar-refractivity contribution in [2.24, 2.45) is 0 Å². The van der Waals surface area contributed by atoms with E-state index in [0.717, 1.165) is 6.04 Å². The first-order chi connectivity index (χ1) is 5.27. The fourth-order valence-corrected chi connectivity index (χ4v) is 1.58. The highest BCUT2D eigenvalue weighted by Gasteiger charge is 2.27. The highest BCUT2D eigenvalue weighted by molar-refractivity contribution is 4.85. The van der Waals surface area contributed by atoms with Gasteiger partial charge in [0, 0.05) is 19.1 Å². The third kappa shape index (κ3) is 2.17. The van der Waals surface area contributed by atoms with E-state index in [1.807, 2.05) is 0 Å². The van der Waals surface area contributed by atoms with E-state index in [4.69, 9.17) is 0 Å². The number of likely N-dealkylation sites (tertiary alicyclic amines) is 1. The fourth-order valence-electron chi connectivity index (χ4n) is 1.58. The number of hydrogen-bond acceptors (Lipinski definition) is 2. The summed E-state index contributed by atoms with van der Waals surface area (Å²) in [4.78, 5) is 4.96. The van der Waals surface area contributed by atoms with E-state index < -0.39 is 0 Å². The highest BCUT2D eigenvalue weighted by Crippen LogP contribution is 2.12. The Morgan fingerprint density at radius 3 is 2.45 bits per heavy atom. The zero-order valence-corrected chi connectivity index (χ0v) is 8.01. The van der Waals surface area contributed by atoms with Crippen molar-refractivity contribution in [3.8, 4) is 0 Å². The van der Waals surface area contributed by atoms with Crippen molar-refractivity contribution in [3.05, 3.63) is 0 Å². The molecule has 0 aliphatic carbocycles. The van der Waals surface area contributed by atoms with Gasteiger partial charge in [-0.05, 0) is 26.6 Å². The summed E-state index contributed by atoms with van der Waals surface area (Å²) in [6, 6.07) is 0.839. The number of rotatable bonds is 4. The lowest BCUT2D eigenvalue weighted by Gasteiger charge is -2.43. The quantitative estimate of drug-likeness (QED) is 0.600. The second-order valence-electron chi connectivity index (χ2n) is 3.49. The van der Waals surface area contributed by atoms with Crippen molar-refractivity contribution in [3.63, 3.8) is 0 Å². The molecule has 0 radical (unpaired) electrons. The maximum atomic E-state index is 2.52. The number of likely N-dealkylation sites (N-methyl/N-ethyl adjacent to an activating group) is 1. The molecule has 1 heterocycles. The lowest BCUT2D eigenvalue weighted by molar-refractivity contribution is 0.0526. The van der Waals surface area contributed by atoms with E-state index in [0.29, 0.717) is 0 Å². The Balaban J connectivity index is 2.08. The molecular weight excluding hydrogens is 136 g/mol. The van der Waals surface area contributed by atoms with Gasteiger partial charge in [0.1, 0.15) is 0 Å². The minimum atomic E-state index is 0.839. The molecule has 0 N–H and O–H groups in total. The van der Waals surface area contributed by atoms with Crippen LogP contribution in [-0.4, -0.2) is 49.1 Å². The third-order valence-electron chi connectivity index (χ3n) is 2.60. The first kappa shape index (κ1) is 9.01. The van der Waals surface area contributed by atoms with Gasteiger partial charge in [-0.3, -0.25) is 0 Å². The zero-order valence-electron chi connectivity index (χ0n) is 8.01. The van der Waals surface area contributed by atoms with Crippen LogP contribution in [0.1, 0.15) is 20.3 Å². The molecule has 0 bridgehead atoms. The Bertz CT molecular complexity index is 108. The van der Waals surface area contributed by atoms with Gasteiger partial charge in [-0.2, -0.15) is 0 Å². The van der Waals surface area contributed by atoms with Gasteiger partial charge in [-0.15, -0.1) is 0 Å². The fraction of sp³-hybridized carbons (Fsp3) is 1.00. The van der Waals surface area contributed by atoms with Crippen molar-refractivity contribution in [2.75, 3.05) is 33.2 Å². The molecule has 0 aromatic carbocycles. The summed E-state index contributed by atoms with van der Waals surface area (Å²) in [5.74, 6) is 0. The molecule has 0 saturated carbocycles. The Hall–Kier alpha value is -0.0800. The summed E-state index contributed by atoms with van der Waals surface area (Å²) in [6.07, 6.45) is 1.29. The normalized spacial score (nSPS) is 20.7. The maximum absolute atomic E-state index is 2.52. The minimum Gasteiger partial charge on any atom is -0.301 e. The Labute approximate surface area is 70.2 Å². The van der Waals surface area contributed by atoms with Crippen LogP contribution in [0.25, 0.3) is 0 Å². The van der Waals surface area contributed by atoms with E-state index in [9.17, 15) is 0 Å². The average Bonchev–Trinajstić information content (AvgIpc) is 1.94. The summed E-state index contributed by atoms with van der Waals surface area (Å²) < 4.78 is 0. The van der Waals surface area contributed by atoms with Gasteiger partial charge in [0.25, 0.3) is 0 Å². The van der Waals surface area contributed by atoms with E-state index in [2.05, 4.69) is 30.7 Å². The Morgan fingerprint density at radius 1 is 1.36 bits per heavy atom. The first-order valence-electron chi connectivity index (χ1n) is 4.70. The maximum Gasteiger partial charge on any atom is 0.0347 e. The van der Waals surface area contributed by atoms with Gasteiger partial charge < -0.3 is 9.80 Å². The molecule has 11 heavy (non-hydrogen) atoms. The highest BCUT2D eigenvalue weighted by atomic mass is 15.3. The van der Waals surface area contributed by atoms with Crippen LogP contribution in [-0.2, 0) is 0 Å². The molecule has 1 rings (SSSR count). The van der Waals surface area contributed by atoms with Crippen LogP contribution in [0.15, 0.2) is 0 Å². The summed E-state index contributed by atoms with van der Waals surface area (Å²) in [6.45, 7) is 9.52. The van der Waals surface area contributed by atoms with Crippen molar-refractivity contribution < 1.29 is 0 Å². The largest absolute Gasteiger partial charge is 0.301 e. The monoisotopic (exact) mass is 156 g/mol. The molecule has 2 heteroatoms. The molecule has 0 atom stereocenters. The van der Waals surface area contributed by atoms with Gasteiger partial charge in [0.05, 0.1) is 0 Å². The third-order valence-corrected chi connectivity index (χ3v) is 2.60. The summed E-state index contributed by atoms with van der Waals surface area (Å²) in [5.41, 5.74) is 0. The van der Waals surface area contributed by atoms with Gasteiger partial charge >= 0.3 is 0 Å². The lowest BCUT2D eigenvalue weighted by Crippen LogP contribution is -2.58. The molecule has 1 aliphatic heterocycles. The van der Waals surface area contributed by atoms with Crippen LogP contribution in [0, 0.1) is 0 Å². The smallest absolute Gasteiger partial charge is 0.0347 e. The van der Waals surface area contributed by atoms with Gasteiger partial charge in [-0.25, -0.2) is 0 Å². The second kappa shape index (κ2) is 4.07. The minimum absolute atomic E-state index is 0.839. The van der Waals surface area contributed by atoms with Crippen LogP contribution in [0.5, 0.6) is 0 Å². The zero-order chi connectivity index (χ0) is 8.27. The van der Waals surface area contributed by atoms with Gasteiger partial charge in [-0.1, -0.05) is 13.8 Å². The molecular formula is C9H20N2. The summed E-state index contributed by atoms with van der Waals surface area (Å²) in [5, 5.41) is 0. The molecule has 1 saturated heterocycles. The van der Waals surface area contributed by atoms with Crippen molar-refractivity contribution in [1.29, 1.82) is 0 Å². The molecule has 66 valence electrons. The molecule has 0 aromatic rings. The van der Waals surface area contributed by atoms with E-state index in [-0.39, 0.29) is 0 Å². The van der Waals surface area contributed by atoms with Crippen LogP contribution < -0.4 is 0 Å². The Morgan fingerprint density at radius 2 is 2.00 bits per heavy atom. The van der Waals surface area contributed by atoms with Crippen LogP contribution >= 0.6 is 0 Å². The molecule has 1 fully saturated rings. The van der Waals surface area contributed by atoms with Crippen molar-refractivity contribution >= 4 is 0 Å². The van der Waals surface area contributed by atoms with Gasteiger partial charge in [0.2, 0.25) is 0 Å². The van der Waals surface area contributed by atoms with E-state index >= 15 is 0 Å². The number of hydrogen-bond donors (Lipinski definition) is 0. The standard InChI is InChI=1S/C9H20N2/c1-4-6-11-7-9(8-11)10(3)5-2/h9H,4-8H2,1-3H3. The van der Waals surface area contributed by atoms with Gasteiger partial charge in [0.15, 0.2) is 0 Å². The number of nitrogens with zero attached hydrogens (tertiary/aromatic N) is 2. The predicted molar refractivity (Wildman–Crippen MR) is 48.8 cm³/mol. The molecule has 0 unspecified atom stereocenters. The van der Waals surface area contributed by atoms with E-state index in [1.165, 1.54) is 32.6 Å². The summed E-state index contributed by atoms with van der Waals surface area (Å²) >= 11 is 0. The topological polar surface area (TPSA) is 6.48 Å². The predicted octanol–water partition coefficient (Wildman–Crippen LogP) is 1.03. The second-order valence-corrected chi connectivity index (χ2v) is 3.49. The van der Waals surface area contributed by atoms with Crippen LogP contribution in [0.4, 0.5) is 0 Å². The Kier molecular flexibility index (Phi) is 3.34. The molecule has 1 aliphatic rings. The van der Waals surface area contributed by atoms with Crippen molar-refractivity contribution in [2.45, 2.75) is 26.3 Å². The average molecular weight is 156 g/mol.